The molecule has 0 aliphatic carbocycles. The Labute approximate surface area is 154 Å². The molecule has 0 bridgehead atoms. The van der Waals surface area contributed by atoms with Gasteiger partial charge in [-0.3, -0.25) is 0 Å². The largest absolute Gasteiger partial charge is 0.496 e. The van der Waals surface area contributed by atoms with Crippen LogP contribution in [0.1, 0.15) is 16.2 Å². The Morgan fingerprint density at radius 3 is 2.52 bits per heavy atom. The van der Waals surface area contributed by atoms with Gasteiger partial charge in [0.25, 0.3) is 5.89 Å². The summed E-state index contributed by atoms with van der Waals surface area (Å²) in [6, 6.07) is 12.2. The zero-order valence-corrected chi connectivity index (χ0v) is 15.0. The van der Waals surface area contributed by atoms with Crippen molar-refractivity contribution in [1.29, 1.82) is 0 Å². The normalized spacial score (nSPS) is 11.2. The number of methoxy groups -OCH3 is 1. The Morgan fingerprint density at radius 2 is 1.85 bits per heavy atom. The average molecular weight is 389 g/mol. The van der Waals surface area contributed by atoms with Crippen molar-refractivity contribution in [3.63, 3.8) is 0 Å². The van der Waals surface area contributed by atoms with Crippen LogP contribution in [0.5, 0.6) is 5.75 Å². The monoisotopic (exact) mass is 389 g/mol. The van der Waals surface area contributed by atoms with Gasteiger partial charge >= 0.3 is 5.97 Å². The van der Waals surface area contributed by atoms with Gasteiger partial charge in [-0.25, -0.2) is 18.4 Å². The summed E-state index contributed by atoms with van der Waals surface area (Å²) in [5, 5.41) is 8.85. The lowest BCUT2D eigenvalue weighted by molar-refractivity contribution is 0.0429. The molecule has 0 atom stereocenters. The third kappa shape index (κ3) is 4.30. The van der Waals surface area contributed by atoms with E-state index in [1.54, 1.807) is 18.2 Å². The molecule has 1 aromatic heterocycles. The van der Waals surface area contributed by atoms with Crippen LogP contribution in [-0.4, -0.2) is 31.6 Å². The number of hydrogen-bond acceptors (Lipinski definition) is 8. The second kappa shape index (κ2) is 7.56. The fourth-order valence-corrected chi connectivity index (χ4v) is 2.76. The maximum atomic E-state index is 12.0. The van der Waals surface area contributed by atoms with Crippen molar-refractivity contribution in [2.75, 3.05) is 7.11 Å². The van der Waals surface area contributed by atoms with Crippen LogP contribution in [0.25, 0.3) is 11.4 Å². The number of nitrogens with zero attached hydrogens (tertiary/aromatic N) is 2. The Kier molecular flexibility index (Phi) is 5.19. The number of primary sulfonamides is 1. The van der Waals surface area contributed by atoms with Gasteiger partial charge in [0.1, 0.15) is 5.75 Å². The second-order valence-electron chi connectivity index (χ2n) is 5.36. The fourth-order valence-electron chi connectivity index (χ4n) is 2.24. The van der Waals surface area contributed by atoms with Crippen molar-refractivity contribution in [2.24, 2.45) is 5.14 Å². The lowest BCUT2D eigenvalue weighted by atomic mass is 10.2. The van der Waals surface area contributed by atoms with Crippen LogP contribution in [0.15, 0.2) is 57.9 Å². The number of sulfonamides is 1. The standard InChI is InChI=1S/C17H15N3O6S/c1-24-14-5-3-2-4-13(14)16-19-15(26-20-16)10-25-17(21)11-6-8-12(9-7-11)27(18,22)23/h2-9H,10H2,1H3,(H2,18,22,23). The molecular formula is C17H15N3O6S. The summed E-state index contributed by atoms with van der Waals surface area (Å²) in [6.45, 7) is -0.238. The summed E-state index contributed by atoms with van der Waals surface area (Å²) < 4.78 is 37.8. The molecule has 3 aromatic rings. The van der Waals surface area contributed by atoms with Gasteiger partial charge in [0.15, 0.2) is 6.61 Å². The number of esters is 1. The molecule has 140 valence electrons. The minimum Gasteiger partial charge on any atom is -0.496 e. The van der Waals surface area contributed by atoms with E-state index in [9.17, 15) is 13.2 Å². The predicted octanol–water partition coefficient (Wildman–Crippen LogP) is 1.75. The molecule has 0 unspecified atom stereocenters. The number of benzene rings is 2. The van der Waals surface area contributed by atoms with Crippen molar-refractivity contribution >= 4 is 16.0 Å². The SMILES string of the molecule is COc1ccccc1-c1noc(COC(=O)c2ccc(S(N)(=O)=O)cc2)n1. The van der Waals surface area contributed by atoms with Crippen LogP contribution in [-0.2, 0) is 21.4 Å². The van der Waals surface area contributed by atoms with E-state index in [0.29, 0.717) is 17.1 Å². The molecule has 0 saturated heterocycles. The number of carbonyl (C=O) groups is 1. The zero-order valence-electron chi connectivity index (χ0n) is 14.2. The number of aromatic nitrogens is 2. The summed E-state index contributed by atoms with van der Waals surface area (Å²) >= 11 is 0. The van der Waals surface area contributed by atoms with E-state index >= 15 is 0 Å². The van der Waals surface area contributed by atoms with E-state index in [4.69, 9.17) is 19.1 Å². The number of para-hydroxylation sites is 1. The van der Waals surface area contributed by atoms with E-state index < -0.39 is 16.0 Å². The first-order valence-corrected chi connectivity index (χ1v) is 9.19. The quantitative estimate of drug-likeness (QED) is 0.630. The molecule has 0 amide bonds. The molecule has 0 aliphatic heterocycles. The summed E-state index contributed by atoms with van der Waals surface area (Å²) in [5.41, 5.74) is 0.798. The van der Waals surface area contributed by atoms with Crippen molar-refractivity contribution < 1.29 is 27.2 Å². The van der Waals surface area contributed by atoms with Crippen LogP contribution in [0.4, 0.5) is 0 Å². The number of ether oxygens (including phenoxy) is 2. The molecule has 3 rings (SSSR count). The molecule has 2 N–H and O–H groups in total. The van der Waals surface area contributed by atoms with Gasteiger partial charge in [-0.15, -0.1) is 0 Å². The maximum Gasteiger partial charge on any atom is 0.338 e. The van der Waals surface area contributed by atoms with E-state index in [0.717, 1.165) is 0 Å². The molecule has 0 fully saturated rings. The van der Waals surface area contributed by atoms with Crippen molar-refractivity contribution in [2.45, 2.75) is 11.5 Å². The highest BCUT2D eigenvalue weighted by molar-refractivity contribution is 7.89. The fraction of sp³-hybridized carbons (Fsp3) is 0.118. The Bertz CT molecular complexity index is 1060. The summed E-state index contributed by atoms with van der Waals surface area (Å²) in [7, 11) is -2.30. The topological polar surface area (TPSA) is 135 Å². The van der Waals surface area contributed by atoms with Gasteiger partial charge in [-0.05, 0) is 36.4 Å². The molecule has 0 spiro atoms. The van der Waals surface area contributed by atoms with Gasteiger partial charge < -0.3 is 14.0 Å². The van der Waals surface area contributed by atoms with Gasteiger partial charge in [0.2, 0.25) is 15.8 Å². The number of nitrogens with two attached hydrogens (primary N) is 1. The van der Waals surface area contributed by atoms with Crippen molar-refractivity contribution in [3.05, 3.63) is 60.0 Å². The van der Waals surface area contributed by atoms with Gasteiger partial charge in [-0.2, -0.15) is 4.98 Å². The Balaban J connectivity index is 1.67. The zero-order chi connectivity index (χ0) is 19.4. The predicted molar refractivity (Wildman–Crippen MR) is 93.2 cm³/mol. The molecule has 0 aliphatic rings. The lowest BCUT2D eigenvalue weighted by Crippen LogP contribution is -2.12. The van der Waals surface area contributed by atoms with Crippen LogP contribution in [0.2, 0.25) is 0 Å². The molecule has 10 heteroatoms. The number of carbonyl (C=O) groups excluding carboxylic acids is 1. The maximum absolute atomic E-state index is 12.0. The second-order valence-corrected chi connectivity index (χ2v) is 6.92. The summed E-state index contributed by atoms with van der Waals surface area (Å²) in [5.74, 6) is 0.311. The first-order valence-electron chi connectivity index (χ1n) is 7.64. The van der Waals surface area contributed by atoms with Gasteiger partial charge in [-0.1, -0.05) is 17.3 Å². The molecule has 2 aromatic carbocycles. The molecular weight excluding hydrogens is 374 g/mol. The molecule has 9 nitrogen and oxygen atoms in total. The van der Waals surface area contributed by atoms with Crippen LogP contribution >= 0.6 is 0 Å². The Morgan fingerprint density at radius 1 is 1.15 bits per heavy atom. The third-order valence-electron chi connectivity index (χ3n) is 3.56. The summed E-state index contributed by atoms with van der Waals surface area (Å²) in [6.07, 6.45) is 0. The number of rotatable bonds is 6. The summed E-state index contributed by atoms with van der Waals surface area (Å²) in [4.78, 5) is 16.1. The highest BCUT2D eigenvalue weighted by atomic mass is 32.2. The van der Waals surface area contributed by atoms with E-state index in [1.165, 1.54) is 31.4 Å². The van der Waals surface area contributed by atoms with Crippen LogP contribution < -0.4 is 9.88 Å². The lowest BCUT2D eigenvalue weighted by Gasteiger charge is -2.03. The first kappa shape index (κ1) is 18.5. The van der Waals surface area contributed by atoms with Gasteiger partial charge in [0.05, 0.1) is 23.1 Å². The van der Waals surface area contributed by atoms with Crippen molar-refractivity contribution in [1.82, 2.24) is 10.1 Å². The van der Waals surface area contributed by atoms with Gasteiger partial charge in [0, 0.05) is 0 Å². The molecule has 0 radical (unpaired) electrons. The third-order valence-corrected chi connectivity index (χ3v) is 4.49. The van der Waals surface area contributed by atoms with Crippen molar-refractivity contribution in [3.8, 4) is 17.1 Å². The highest BCUT2D eigenvalue weighted by Crippen LogP contribution is 2.27. The molecule has 27 heavy (non-hydrogen) atoms. The highest BCUT2D eigenvalue weighted by Gasteiger charge is 2.15. The van der Waals surface area contributed by atoms with Crippen LogP contribution in [0, 0.1) is 0 Å². The minimum atomic E-state index is -3.83. The molecule has 1 heterocycles. The van der Waals surface area contributed by atoms with E-state index in [-0.39, 0.29) is 23.0 Å². The first-order chi connectivity index (χ1) is 12.9. The van der Waals surface area contributed by atoms with E-state index in [2.05, 4.69) is 10.1 Å². The minimum absolute atomic E-state index is 0.0996. The van der Waals surface area contributed by atoms with Crippen LogP contribution in [0.3, 0.4) is 0 Å². The smallest absolute Gasteiger partial charge is 0.338 e. The number of hydrogen-bond donors (Lipinski definition) is 1. The Hall–Kier alpha value is -3.24. The average Bonchev–Trinajstić information content (AvgIpc) is 3.14. The van der Waals surface area contributed by atoms with E-state index in [1.807, 2.05) is 6.07 Å². The molecule has 0 saturated carbocycles.